The topological polar surface area (TPSA) is 71.7 Å². The van der Waals surface area contributed by atoms with Gasteiger partial charge >= 0.3 is 0 Å². The molecule has 0 saturated heterocycles. The molecule has 0 spiro atoms. The van der Waals surface area contributed by atoms with E-state index in [9.17, 15) is 9.90 Å². The number of anilines is 1. The van der Waals surface area contributed by atoms with Gasteiger partial charge in [-0.15, -0.1) is 0 Å². The van der Waals surface area contributed by atoms with Crippen LogP contribution in [0.5, 0.6) is 11.5 Å². The molecule has 2 aromatic carbocycles. The fraction of sp³-hybridized carbons (Fsp3) is 0.0556. The molecule has 5 nitrogen and oxygen atoms in total. The Labute approximate surface area is 164 Å². The number of rotatable bonds is 5. The number of nitrogens with one attached hydrogen (secondary N) is 1. The number of phenolic OH excluding ortho intramolecular Hbond substituents is 1. The van der Waals surface area contributed by atoms with Gasteiger partial charge in [-0.2, -0.15) is 0 Å². The van der Waals surface area contributed by atoms with Crippen LogP contribution in [0.3, 0.4) is 0 Å². The van der Waals surface area contributed by atoms with Crippen molar-refractivity contribution in [3.05, 3.63) is 75.1 Å². The molecular weight excluding hydrogens is 401 g/mol. The highest BCUT2D eigenvalue weighted by Gasteiger charge is 2.14. The molecule has 1 heterocycles. The zero-order valence-corrected chi connectivity index (χ0v) is 15.4. The van der Waals surface area contributed by atoms with Gasteiger partial charge in [0.05, 0.1) is 10.0 Å². The molecule has 134 valence electrons. The number of carbonyl (C=O) groups is 1. The third-order valence-electron chi connectivity index (χ3n) is 3.31. The summed E-state index contributed by atoms with van der Waals surface area (Å²) in [5, 5.41) is 13.0. The number of hydrogen-bond acceptors (Lipinski definition) is 4. The quantitative estimate of drug-likeness (QED) is 0.557. The lowest BCUT2D eigenvalue weighted by atomic mass is 10.3. The first-order chi connectivity index (χ1) is 12.4. The average molecular weight is 413 g/mol. The average Bonchev–Trinajstić information content (AvgIpc) is 3.03. The molecule has 0 unspecified atom stereocenters. The number of halogens is 3. The van der Waals surface area contributed by atoms with Crippen LogP contribution >= 0.6 is 34.8 Å². The first-order valence-corrected chi connectivity index (χ1v) is 8.52. The minimum atomic E-state index is -0.454. The van der Waals surface area contributed by atoms with Gasteiger partial charge in [0, 0.05) is 16.8 Å². The van der Waals surface area contributed by atoms with E-state index in [1.54, 1.807) is 18.2 Å². The summed E-state index contributed by atoms with van der Waals surface area (Å²) in [7, 11) is 0. The van der Waals surface area contributed by atoms with Crippen LogP contribution in [-0.4, -0.2) is 11.0 Å². The normalized spacial score (nSPS) is 10.6. The highest BCUT2D eigenvalue weighted by Crippen LogP contribution is 2.36. The van der Waals surface area contributed by atoms with Crippen LogP contribution < -0.4 is 10.1 Å². The first-order valence-electron chi connectivity index (χ1n) is 7.39. The molecule has 26 heavy (non-hydrogen) atoms. The molecule has 0 saturated carbocycles. The van der Waals surface area contributed by atoms with Gasteiger partial charge in [-0.3, -0.25) is 4.79 Å². The summed E-state index contributed by atoms with van der Waals surface area (Å²) in [5.41, 5.74) is 0.448. The molecule has 0 fully saturated rings. The first kappa shape index (κ1) is 18.5. The lowest BCUT2D eigenvalue weighted by Gasteiger charge is -2.09. The zero-order valence-electron chi connectivity index (χ0n) is 13.1. The molecule has 0 radical (unpaired) electrons. The third kappa shape index (κ3) is 4.43. The SMILES string of the molecule is O=C(Nc1cccc(O)c1)c1ccc(COc2c(Cl)cc(Cl)cc2Cl)o1. The summed E-state index contributed by atoms with van der Waals surface area (Å²) >= 11 is 18.0. The zero-order chi connectivity index (χ0) is 18.7. The van der Waals surface area contributed by atoms with Gasteiger partial charge in [-0.1, -0.05) is 40.9 Å². The molecule has 8 heteroatoms. The van der Waals surface area contributed by atoms with Crippen molar-refractivity contribution in [2.24, 2.45) is 0 Å². The van der Waals surface area contributed by atoms with E-state index in [2.05, 4.69) is 5.32 Å². The van der Waals surface area contributed by atoms with Crippen molar-refractivity contribution in [3.63, 3.8) is 0 Å². The van der Waals surface area contributed by atoms with Crippen molar-refractivity contribution in [1.29, 1.82) is 0 Å². The Bertz CT molecular complexity index is 932. The van der Waals surface area contributed by atoms with Crippen LogP contribution in [0, 0.1) is 0 Å². The summed E-state index contributed by atoms with van der Waals surface area (Å²) in [4.78, 5) is 12.2. The summed E-state index contributed by atoms with van der Waals surface area (Å²) in [5.74, 6) is 0.380. The van der Waals surface area contributed by atoms with Gasteiger partial charge in [-0.25, -0.2) is 0 Å². The summed E-state index contributed by atoms with van der Waals surface area (Å²) in [6.45, 7) is 0.0283. The van der Waals surface area contributed by atoms with E-state index in [0.717, 1.165) is 0 Å². The lowest BCUT2D eigenvalue weighted by Crippen LogP contribution is -2.10. The van der Waals surface area contributed by atoms with Crippen LogP contribution in [0.25, 0.3) is 0 Å². The van der Waals surface area contributed by atoms with Crippen molar-refractivity contribution in [2.75, 3.05) is 5.32 Å². The van der Waals surface area contributed by atoms with Crippen molar-refractivity contribution in [2.45, 2.75) is 6.61 Å². The van der Waals surface area contributed by atoms with Crippen LogP contribution in [-0.2, 0) is 6.61 Å². The molecule has 0 aliphatic heterocycles. The van der Waals surface area contributed by atoms with Crippen LogP contribution in [0.2, 0.25) is 15.1 Å². The Hall–Kier alpha value is -2.34. The van der Waals surface area contributed by atoms with Crippen molar-refractivity contribution in [1.82, 2.24) is 0 Å². The number of hydrogen-bond donors (Lipinski definition) is 2. The number of benzene rings is 2. The van der Waals surface area contributed by atoms with Crippen molar-refractivity contribution < 1.29 is 19.1 Å². The fourth-order valence-corrected chi connectivity index (χ4v) is 3.09. The molecule has 2 N–H and O–H groups in total. The Morgan fingerprint density at radius 3 is 2.50 bits per heavy atom. The molecule has 1 aromatic heterocycles. The van der Waals surface area contributed by atoms with Gasteiger partial charge in [0.25, 0.3) is 5.91 Å². The Balaban J connectivity index is 1.65. The minimum absolute atomic E-state index is 0.0283. The largest absolute Gasteiger partial charge is 0.508 e. The predicted molar refractivity (Wildman–Crippen MR) is 101 cm³/mol. The molecule has 3 rings (SSSR count). The molecule has 1 amide bonds. The van der Waals surface area contributed by atoms with Crippen molar-refractivity contribution >= 4 is 46.4 Å². The number of aromatic hydroxyl groups is 1. The maximum absolute atomic E-state index is 12.2. The number of ether oxygens (including phenoxy) is 1. The Morgan fingerprint density at radius 1 is 1.08 bits per heavy atom. The van der Waals surface area contributed by atoms with Crippen LogP contribution in [0.1, 0.15) is 16.3 Å². The maximum atomic E-state index is 12.2. The molecule has 0 aliphatic rings. The fourth-order valence-electron chi connectivity index (χ4n) is 2.16. The van der Waals surface area contributed by atoms with E-state index < -0.39 is 5.91 Å². The maximum Gasteiger partial charge on any atom is 0.291 e. The monoisotopic (exact) mass is 411 g/mol. The standard InChI is InChI=1S/C18H12Cl3NO4/c19-10-6-14(20)17(15(21)7-10)25-9-13-4-5-16(26-13)18(24)22-11-2-1-3-12(23)8-11/h1-8,23H,9H2,(H,22,24). The molecular formula is C18H12Cl3NO4. The van der Waals surface area contributed by atoms with Gasteiger partial charge in [0.15, 0.2) is 11.5 Å². The Kier molecular flexibility index (Phi) is 5.61. The van der Waals surface area contributed by atoms with E-state index in [1.165, 1.54) is 30.3 Å². The van der Waals surface area contributed by atoms with Crippen LogP contribution in [0.4, 0.5) is 5.69 Å². The molecule has 0 aliphatic carbocycles. The molecule has 0 atom stereocenters. The van der Waals surface area contributed by atoms with Crippen molar-refractivity contribution in [3.8, 4) is 11.5 Å². The molecule has 3 aromatic rings. The van der Waals surface area contributed by atoms with Gasteiger partial charge in [-0.05, 0) is 36.4 Å². The van der Waals surface area contributed by atoms with E-state index in [0.29, 0.717) is 16.5 Å². The summed E-state index contributed by atoms with van der Waals surface area (Å²) in [6, 6.07) is 12.3. The minimum Gasteiger partial charge on any atom is -0.508 e. The van der Waals surface area contributed by atoms with Crippen LogP contribution in [0.15, 0.2) is 52.9 Å². The van der Waals surface area contributed by atoms with Gasteiger partial charge < -0.3 is 19.6 Å². The highest BCUT2D eigenvalue weighted by molar-refractivity contribution is 6.40. The van der Waals surface area contributed by atoms with E-state index in [4.69, 9.17) is 44.0 Å². The van der Waals surface area contributed by atoms with Gasteiger partial charge in [0.2, 0.25) is 0 Å². The number of furan rings is 1. The predicted octanol–water partition coefficient (Wildman–Crippen LogP) is 5.78. The van der Waals surface area contributed by atoms with E-state index in [-0.39, 0.29) is 33.9 Å². The lowest BCUT2D eigenvalue weighted by molar-refractivity contribution is 0.0992. The van der Waals surface area contributed by atoms with E-state index >= 15 is 0 Å². The number of amides is 1. The highest BCUT2D eigenvalue weighted by atomic mass is 35.5. The second-order valence-corrected chi connectivity index (χ2v) is 6.51. The summed E-state index contributed by atoms with van der Waals surface area (Å²) < 4.78 is 11.0. The second kappa shape index (κ2) is 7.91. The summed E-state index contributed by atoms with van der Waals surface area (Å²) in [6.07, 6.45) is 0. The van der Waals surface area contributed by atoms with Gasteiger partial charge in [0.1, 0.15) is 18.1 Å². The molecule has 0 bridgehead atoms. The number of carbonyl (C=O) groups excluding carboxylic acids is 1. The smallest absolute Gasteiger partial charge is 0.291 e. The Morgan fingerprint density at radius 2 is 1.81 bits per heavy atom. The second-order valence-electron chi connectivity index (χ2n) is 5.26. The van der Waals surface area contributed by atoms with E-state index in [1.807, 2.05) is 0 Å². The third-order valence-corrected chi connectivity index (χ3v) is 4.09. The number of phenols is 1.